The van der Waals surface area contributed by atoms with Crippen LogP contribution in [-0.4, -0.2) is 18.0 Å². The average molecular weight is 353 g/mol. The maximum absolute atomic E-state index is 4.59. The van der Waals surface area contributed by atoms with Crippen LogP contribution in [0.15, 0.2) is 52.8 Å². The number of benzene rings is 2. The van der Waals surface area contributed by atoms with E-state index >= 15 is 0 Å². The van der Waals surface area contributed by atoms with Gasteiger partial charge in [-0.2, -0.15) is 0 Å². The molecule has 0 spiro atoms. The van der Waals surface area contributed by atoms with Crippen molar-refractivity contribution < 1.29 is 0 Å². The van der Waals surface area contributed by atoms with Crippen LogP contribution in [0.25, 0.3) is 10.8 Å². The first-order chi connectivity index (χ1) is 12.2. The second-order valence-electron chi connectivity index (χ2n) is 5.95. The van der Waals surface area contributed by atoms with Crippen LogP contribution in [0.5, 0.6) is 0 Å². The van der Waals surface area contributed by atoms with E-state index in [0.29, 0.717) is 6.54 Å². The highest BCUT2D eigenvalue weighted by Gasteiger charge is 2.11. The van der Waals surface area contributed by atoms with Crippen LogP contribution < -0.4 is 10.6 Å². The van der Waals surface area contributed by atoms with Crippen molar-refractivity contribution in [3.05, 3.63) is 64.1 Å². The van der Waals surface area contributed by atoms with Gasteiger partial charge in [0.2, 0.25) is 0 Å². The quantitative estimate of drug-likeness (QED) is 0.532. The molecular formula is C20H24N4S. The van der Waals surface area contributed by atoms with Gasteiger partial charge in [0.1, 0.15) is 0 Å². The third-order valence-electron chi connectivity index (χ3n) is 4.21. The molecule has 3 aromatic rings. The Balaban J connectivity index is 1.68. The number of rotatable bonds is 5. The minimum Gasteiger partial charge on any atom is -0.351 e. The summed E-state index contributed by atoms with van der Waals surface area (Å²) in [6.07, 6.45) is 0.982. The predicted octanol–water partition coefficient (Wildman–Crippen LogP) is 4.28. The lowest BCUT2D eigenvalue weighted by atomic mass is 10.00. The van der Waals surface area contributed by atoms with Crippen LogP contribution in [-0.2, 0) is 13.0 Å². The number of nitrogens with zero attached hydrogens (tertiary/aromatic N) is 2. The molecule has 0 fully saturated rings. The average Bonchev–Trinajstić information content (AvgIpc) is 3.12. The molecule has 0 radical (unpaired) electrons. The molecule has 0 aliphatic carbocycles. The number of aromatic nitrogens is 1. The number of guanidine groups is 1. The van der Waals surface area contributed by atoms with Gasteiger partial charge in [-0.15, -0.1) is 11.3 Å². The van der Waals surface area contributed by atoms with E-state index in [1.807, 2.05) is 0 Å². The van der Waals surface area contributed by atoms with Crippen molar-refractivity contribution in [2.75, 3.05) is 7.05 Å². The minimum atomic E-state index is 0.152. The highest BCUT2D eigenvalue weighted by atomic mass is 32.1. The predicted molar refractivity (Wildman–Crippen MR) is 107 cm³/mol. The molecule has 25 heavy (non-hydrogen) atoms. The first-order valence-electron chi connectivity index (χ1n) is 8.59. The second kappa shape index (κ2) is 8.12. The van der Waals surface area contributed by atoms with Gasteiger partial charge < -0.3 is 10.6 Å². The Bertz CT molecular complexity index is 864. The van der Waals surface area contributed by atoms with Crippen molar-refractivity contribution in [3.63, 3.8) is 0 Å². The van der Waals surface area contributed by atoms with Crippen molar-refractivity contribution in [2.24, 2.45) is 4.99 Å². The maximum Gasteiger partial charge on any atom is 0.191 e. The van der Waals surface area contributed by atoms with Gasteiger partial charge >= 0.3 is 0 Å². The summed E-state index contributed by atoms with van der Waals surface area (Å²) in [6, 6.07) is 15.0. The summed E-state index contributed by atoms with van der Waals surface area (Å²) in [5.74, 6) is 0.784. The first-order valence-corrected chi connectivity index (χ1v) is 9.47. The lowest BCUT2D eigenvalue weighted by molar-refractivity contribution is 0.687. The number of hydrogen-bond donors (Lipinski definition) is 2. The number of nitrogens with one attached hydrogen (secondary N) is 2. The SMILES string of the molecule is CCc1nc(CNC(=NC)NC(C)c2cccc3ccccc23)cs1. The van der Waals surface area contributed by atoms with Crippen LogP contribution in [0.2, 0.25) is 0 Å². The summed E-state index contributed by atoms with van der Waals surface area (Å²) in [7, 11) is 1.80. The van der Waals surface area contributed by atoms with Crippen molar-refractivity contribution in [2.45, 2.75) is 32.9 Å². The van der Waals surface area contributed by atoms with Crippen LogP contribution in [0.3, 0.4) is 0 Å². The van der Waals surface area contributed by atoms with Crippen LogP contribution in [0, 0.1) is 0 Å². The van der Waals surface area contributed by atoms with E-state index in [4.69, 9.17) is 0 Å². The van der Waals surface area contributed by atoms with E-state index in [0.717, 1.165) is 18.1 Å². The minimum absolute atomic E-state index is 0.152. The van der Waals surface area contributed by atoms with Gasteiger partial charge in [-0.05, 0) is 29.7 Å². The third-order valence-corrected chi connectivity index (χ3v) is 5.25. The Morgan fingerprint density at radius 1 is 1.20 bits per heavy atom. The molecule has 0 saturated heterocycles. The van der Waals surface area contributed by atoms with Gasteiger partial charge in [0, 0.05) is 12.4 Å². The Morgan fingerprint density at radius 2 is 2.00 bits per heavy atom. The van der Waals surface area contributed by atoms with E-state index in [1.165, 1.54) is 21.3 Å². The highest BCUT2D eigenvalue weighted by molar-refractivity contribution is 7.09. The topological polar surface area (TPSA) is 49.3 Å². The van der Waals surface area contributed by atoms with Gasteiger partial charge in [-0.25, -0.2) is 4.98 Å². The zero-order chi connectivity index (χ0) is 17.6. The molecule has 3 rings (SSSR count). The summed E-state index contributed by atoms with van der Waals surface area (Å²) in [5, 5.41) is 12.6. The molecule has 1 unspecified atom stereocenters. The zero-order valence-electron chi connectivity index (χ0n) is 14.9. The number of aryl methyl sites for hydroxylation is 1. The van der Waals surface area contributed by atoms with E-state index in [1.54, 1.807) is 18.4 Å². The van der Waals surface area contributed by atoms with E-state index in [9.17, 15) is 0 Å². The number of fused-ring (bicyclic) bond motifs is 1. The molecular weight excluding hydrogens is 328 g/mol. The normalized spacial score (nSPS) is 13.0. The molecule has 0 aliphatic rings. The zero-order valence-corrected chi connectivity index (χ0v) is 15.7. The Morgan fingerprint density at radius 3 is 2.76 bits per heavy atom. The molecule has 0 aliphatic heterocycles. The summed E-state index contributed by atoms with van der Waals surface area (Å²) in [6.45, 7) is 4.97. The molecule has 130 valence electrons. The fourth-order valence-corrected chi connectivity index (χ4v) is 3.62. The summed E-state index contributed by atoms with van der Waals surface area (Å²) in [4.78, 5) is 8.93. The fourth-order valence-electron chi connectivity index (χ4n) is 2.87. The summed E-state index contributed by atoms with van der Waals surface area (Å²) in [5.41, 5.74) is 2.32. The Labute approximate surface area is 153 Å². The van der Waals surface area contributed by atoms with Gasteiger partial charge in [0.15, 0.2) is 5.96 Å². The van der Waals surface area contributed by atoms with Crippen molar-refractivity contribution in [1.82, 2.24) is 15.6 Å². The number of thiazole rings is 1. The lowest BCUT2D eigenvalue weighted by Crippen LogP contribution is -2.38. The largest absolute Gasteiger partial charge is 0.351 e. The van der Waals surface area contributed by atoms with E-state index in [2.05, 4.69) is 82.3 Å². The fraction of sp³-hybridized carbons (Fsp3) is 0.300. The monoisotopic (exact) mass is 352 g/mol. The molecule has 0 saturated carbocycles. The third kappa shape index (κ3) is 4.17. The first kappa shape index (κ1) is 17.4. The number of hydrogen-bond acceptors (Lipinski definition) is 3. The molecule has 4 nitrogen and oxygen atoms in total. The smallest absolute Gasteiger partial charge is 0.191 e. The molecule has 2 aromatic carbocycles. The molecule has 1 aromatic heterocycles. The molecule has 0 amide bonds. The van der Waals surface area contributed by atoms with Crippen molar-refractivity contribution >= 4 is 28.1 Å². The van der Waals surface area contributed by atoms with Crippen LogP contribution in [0.1, 0.15) is 36.2 Å². The molecule has 1 atom stereocenters. The summed E-state index contributed by atoms with van der Waals surface area (Å²) >= 11 is 1.71. The second-order valence-corrected chi connectivity index (χ2v) is 6.89. The van der Waals surface area contributed by atoms with Gasteiger partial charge in [-0.1, -0.05) is 49.4 Å². The molecule has 2 N–H and O–H groups in total. The summed E-state index contributed by atoms with van der Waals surface area (Å²) < 4.78 is 0. The van der Waals surface area contributed by atoms with Crippen molar-refractivity contribution in [3.8, 4) is 0 Å². The number of aliphatic imine (C=N–C) groups is 1. The van der Waals surface area contributed by atoms with Gasteiger partial charge in [0.25, 0.3) is 0 Å². The van der Waals surface area contributed by atoms with E-state index in [-0.39, 0.29) is 6.04 Å². The van der Waals surface area contributed by atoms with Crippen LogP contribution >= 0.6 is 11.3 Å². The Hall–Kier alpha value is -2.40. The molecule has 0 bridgehead atoms. The van der Waals surface area contributed by atoms with Gasteiger partial charge in [0.05, 0.1) is 23.3 Å². The van der Waals surface area contributed by atoms with Gasteiger partial charge in [-0.3, -0.25) is 4.99 Å². The Kier molecular flexibility index (Phi) is 5.66. The highest BCUT2D eigenvalue weighted by Crippen LogP contribution is 2.23. The van der Waals surface area contributed by atoms with Crippen LogP contribution in [0.4, 0.5) is 0 Å². The molecule has 5 heteroatoms. The standard InChI is InChI=1S/C20H24N4S/c1-4-19-24-16(13-25-19)12-22-20(21-3)23-14(2)17-11-7-9-15-8-5-6-10-18(15)17/h5-11,13-14H,4,12H2,1-3H3,(H2,21,22,23). The lowest BCUT2D eigenvalue weighted by Gasteiger charge is -2.19. The van der Waals surface area contributed by atoms with E-state index < -0.39 is 0 Å². The maximum atomic E-state index is 4.59. The van der Waals surface area contributed by atoms with Crippen molar-refractivity contribution in [1.29, 1.82) is 0 Å². The molecule has 1 heterocycles.